The molecule has 1 aromatic rings. The van der Waals surface area contributed by atoms with Crippen molar-refractivity contribution in [2.75, 3.05) is 13.1 Å². The minimum absolute atomic E-state index is 0.194. The van der Waals surface area contributed by atoms with Crippen molar-refractivity contribution >= 4 is 0 Å². The molecule has 2 heterocycles. The van der Waals surface area contributed by atoms with Crippen molar-refractivity contribution in [3.63, 3.8) is 0 Å². The lowest BCUT2D eigenvalue weighted by molar-refractivity contribution is 0.307. The van der Waals surface area contributed by atoms with Gasteiger partial charge in [0.15, 0.2) is 0 Å². The van der Waals surface area contributed by atoms with Crippen molar-refractivity contribution in [2.24, 2.45) is 5.41 Å². The zero-order valence-corrected chi connectivity index (χ0v) is 12.0. The molecule has 0 aliphatic carbocycles. The quantitative estimate of drug-likeness (QED) is 0.855. The molecule has 0 spiro atoms. The number of imidazole rings is 1. The summed E-state index contributed by atoms with van der Waals surface area (Å²) in [6.45, 7) is 7.51. The lowest BCUT2D eigenvalue weighted by Crippen LogP contribution is -2.34. The third-order valence-corrected chi connectivity index (χ3v) is 3.97. The zero-order chi connectivity index (χ0) is 13.7. The molecule has 0 bridgehead atoms. The number of hydrogen-bond donors (Lipinski definition) is 1. The van der Waals surface area contributed by atoms with Crippen LogP contribution in [0.3, 0.4) is 0 Å². The smallest absolute Gasteiger partial charge is 0.113 e. The second kappa shape index (κ2) is 6.21. The Kier molecular flexibility index (Phi) is 4.60. The third kappa shape index (κ3) is 3.81. The predicted octanol–water partition coefficient (Wildman–Crippen LogP) is 2.68. The molecule has 0 aromatic carbocycles. The molecule has 0 fully saturated rings. The molecular weight excluding hydrogens is 236 g/mol. The van der Waals surface area contributed by atoms with Crippen LogP contribution in [0.1, 0.15) is 51.3 Å². The zero-order valence-electron chi connectivity index (χ0n) is 12.0. The monoisotopic (exact) mass is 260 g/mol. The lowest BCUT2D eigenvalue weighted by Gasteiger charge is -2.27. The van der Waals surface area contributed by atoms with Crippen LogP contribution in [0.4, 0.5) is 0 Å². The van der Waals surface area contributed by atoms with E-state index in [0.29, 0.717) is 12.3 Å². The van der Waals surface area contributed by atoms with Gasteiger partial charge in [-0.1, -0.05) is 13.8 Å². The number of rotatable bonds is 6. The molecule has 0 radical (unpaired) electrons. The van der Waals surface area contributed by atoms with Crippen LogP contribution < -0.4 is 5.32 Å². The largest absolute Gasteiger partial charge is 0.335 e. The SMILES string of the molecule is CC(C)(CCC#N)CNCC1CCCn2ccnc21. The van der Waals surface area contributed by atoms with Gasteiger partial charge in [-0.3, -0.25) is 0 Å². The molecule has 0 saturated carbocycles. The molecule has 0 amide bonds. The first-order valence-electron chi connectivity index (χ1n) is 7.21. The fraction of sp³-hybridized carbons (Fsp3) is 0.733. The molecule has 19 heavy (non-hydrogen) atoms. The topological polar surface area (TPSA) is 53.6 Å². The molecule has 4 nitrogen and oxygen atoms in total. The first-order chi connectivity index (χ1) is 9.12. The van der Waals surface area contributed by atoms with E-state index >= 15 is 0 Å². The minimum Gasteiger partial charge on any atom is -0.335 e. The van der Waals surface area contributed by atoms with Crippen LogP contribution >= 0.6 is 0 Å². The highest BCUT2D eigenvalue weighted by Gasteiger charge is 2.22. The van der Waals surface area contributed by atoms with Crippen molar-refractivity contribution in [3.05, 3.63) is 18.2 Å². The van der Waals surface area contributed by atoms with Gasteiger partial charge in [0.1, 0.15) is 5.82 Å². The molecule has 1 unspecified atom stereocenters. The first kappa shape index (κ1) is 14.1. The Morgan fingerprint density at radius 2 is 2.42 bits per heavy atom. The molecule has 1 aromatic heterocycles. The summed E-state index contributed by atoms with van der Waals surface area (Å²) in [4.78, 5) is 4.48. The molecule has 1 aliphatic heterocycles. The van der Waals surface area contributed by atoms with Gasteiger partial charge < -0.3 is 9.88 Å². The average Bonchev–Trinajstić information content (AvgIpc) is 2.85. The Balaban J connectivity index is 1.80. The summed E-state index contributed by atoms with van der Waals surface area (Å²) in [6, 6.07) is 2.23. The molecule has 2 rings (SSSR count). The standard InChI is InChI=1S/C15H24N4/c1-15(2,6-4-7-16)12-17-11-13-5-3-9-19-10-8-18-14(13)19/h8,10,13,17H,3-6,9,11-12H2,1-2H3. The van der Waals surface area contributed by atoms with Gasteiger partial charge in [-0.15, -0.1) is 0 Å². The second-order valence-electron chi connectivity index (χ2n) is 6.27. The van der Waals surface area contributed by atoms with Crippen LogP contribution in [0.25, 0.3) is 0 Å². The lowest BCUT2D eigenvalue weighted by atomic mass is 9.87. The van der Waals surface area contributed by atoms with E-state index in [4.69, 9.17) is 5.26 Å². The first-order valence-corrected chi connectivity index (χ1v) is 7.21. The highest BCUT2D eigenvalue weighted by molar-refractivity contribution is 5.04. The van der Waals surface area contributed by atoms with E-state index in [1.54, 1.807) is 0 Å². The summed E-state index contributed by atoms with van der Waals surface area (Å²) in [5, 5.41) is 12.2. The predicted molar refractivity (Wildman–Crippen MR) is 75.7 cm³/mol. The van der Waals surface area contributed by atoms with E-state index < -0.39 is 0 Å². The van der Waals surface area contributed by atoms with Crippen molar-refractivity contribution in [3.8, 4) is 6.07 Å². The number of nitriles is 1. The Hall–Kier alpha value is -1.34. The molecule has 104 valence electrons. The van der Waals surface area contributed by atoms with Crippen LogP contribution in [0.5, 0.6) is 0 Å². The van der Waals surface area contributed by atoms with Gasteiger partial charge in [0, 0.05) is 44.4 Å². The van der Waals surface area contributed by atoms with Gasteiger partial charge >= 0.3 is 0 Å². The Labute approximate surface area is 115 Å². The fourth-order valence-corrected chi connectivity index (χ4v) is 2.77. The summed E-state index contributed by atoms with van der Waals surface area (Å²) in [5.74, 6) is 1.77. The van der Waals surface area contributed by atoms with Crippen molar-refractivity contribution in [1.82, 2.24) is 14.9 Å². The highest BCUT2D eigenvalue weighted by Crippen LogP contribution is 2.26. The van der Waals surface area contributed by atoms with Crippen LogP contribution in [-0.4, -0.2) is 22.6 Å². The maximum absolute atomic E-state index is 8.66. The number of hydrogen-bond acceptors (Lipinski definition) is 3. The molecular formula is C15H24N4. The Bertz CT molecular complexity index is 441. The molecule has 0 saturated heterocycles. The number of aryl methyl sites for hydroxylation is 1. The van der Waals surface area contributed by atoms with E-state index in [2.05, 4.69) is 41.0 Å². The van der Waals surface area contributed by atoms with Crippen LogP contribution in [0.15, 0.2) is 12.4 Å². The highest BCUT2D eigenvalue weighted by atomic mass is 15.1. The van der Waals surface area contributed by atoms with Crippen molar-refractivity contribution in [2.45, 2.75) is 52.0 Å². The van der Waals surface area contributed by atoms with E-state index in [0.717, 1.165) is 26.1 Å². The van der Waals surface area contributed by atoms with Gasteiger partial charge in [0.2, 0.25) is 0 Å². The van der Waals surface area contributed by atoms with E-state index in [1.165, 1.54) is 18.7 Å². The van der Waals surface area contributed by atoms with Gasteiger partial charge in [0.25, 0.3) is 0 Å². The summed E-state index contributed by atoms with van der Waals surface area (Å²) in [5.41, 5.74) is 0.194. The van der Waals surface area contributed by atoms with E-state index in [-0.39, 0.29) is 5.41 Å². The summed E-state index contributed by atoms with van der Waals surface area (Å²) in [7, 11) is 0. The second-order valence-corrected chi connectivity index (χ2v) is 6.27. The number of nitrogens with one attached hydrogen (secondary N) is 1. The molecule has 1 aliphatic rings. The fourth-order valence-electron chi connectivity index (χ4n) is 2.77. The van der Waals surface area contributed by atoms with Crippen LogP contribution in [0.2, 0.25) is 0 Å². The van der Waals surface area contributed by atoms with E-state index in [1.807, 2.05) is 6.20 Å². The van der Waals surface area contributed by atoms with Gasteiger partial charge in [-0.05, 0) is 24.7 Å². The van der Waals surface area contributed by atoms with Gasteiger partial charge in [0.05, 0.1) is 6.07 Å². The number of fused-ring (bicyclic) bond motifs is 1. The summed E-state index contributed by atoms with van der Waals surface area (Å²) < 4.78 is 2.27. The van der Waals surface area contributed by atoms with Gasteiger partial charge in [-0.25, -0.2) is 4.98 Å². The number of nitrogens with zero attached hydrogens (tertiary/aromatic N) is 3. The average molecular weight is 260 g/mol. The Morgan fingerprint density at radius 3 is 3.21 bits per heavy atom. The minimum atomic E-state index is 0.194. The number of aromatic nitrogens is 2. The van der Waals surface area contributed by atoms with Crippen molar-refractivity contribution in [1.29, 1.82) is 5.26 Å². The Morgan fingerprint density at radius 1 is 1.58 bits per heavy atom. The molecule has 1 atom stereocenters. The maximum atomic E-state index is 8.66. The summed E-state index contributed by atoms with van der Waals surface area (Å²) in [6.07, 6.45) is 8.05. The maximum Gasteiger partial charge on any atom is 0.113 e. The molecule has 4 heteroatoms. The van der Waals surface area contributed by atoms with Crippen LogP contribution in [0, 0.1) is 16.7 Å². The van der Waals surface area contributed by atoms with Crippen molar-refractivity contribution < 1.29 is 0 Å². The third-order valence-electron chi connectivity index (χ3n) is 3.97. The molecule has 1 N–H and O–H groups in total. The van der Waals surface area contributed by atoms with Gasteiger partial charge in [-0.2, -0.15) is 5.26 Å². The normalized spacial score (nSPS) is 18.9. The van der Waals surface area contributed by atoms with E-state index in [9.17, 15) is 0 Å². The summed E-state index contributed by atoms with van der Waals surface area (Å²) >= 11 is 0. The van der Waals surface area contributed by atoms with Crippen LogP contribution in [-0.2, 0) is 6.54 Å².